The number of nitrogens with one attached hydrogen (secondary N) is 1. The smallest absolute Gasteiger partial charge is 0.240 e. The Morgan fingerprint density at radius 3 is 2.44 bits per heavy atom. The molecule has 7 nitrogen and oxygen atoms in total. The lowest BCUT2D eigenvalue weighted by molar-refractivity contribution is 0.0972. The van der Waals surface area contributed by atoms with Gasteiger partial charge in [-0.15, -0.1) is 0 Å². The molecule has 36 heavy (non-hydrogen) atoms. The topological polar surface area (TPSA) is 90.3 Å². The van der Waals surface area contributed by atoms with E-state index in [0.717, 1.165) is 17.5 Å². The van der Waals surface area contributed by atoms with Gasteiger partial charge in [-0.1, -0.05) is 48.5 Å². The van der Waals surface area contributed by atoms with Crippen molar-refractivity contribution in [2.24, 2.45) is 0 Å². The van der Waals surface area contributed by atoms with Crippen LogP contribution >= 0.6 is 0 Å². The molecule has 1 heterocycles. The van der Waals surface area contributed by atoms with Crippen LogP contribution in [0.25, 0.3) is 0 Å². The lowest BCUT2D eigenvalue weighted by Crippen LogP contribution is -2.26. The highest BCUT2D eigenvalue weighted by Gasteiger charge is 2.26. The minimum Gasteiger partial charge on any atom is -0.484 e. The summed E-state index contributed by atoms with van der Waals surface area (Å²) in [4.78, 5) is 17.0. The van der Waals surface area contributed by atoms with Crippen molar-refractivity contribution in [3.05, 3.63) is 114 Å². The first-order chi connectivity index (χ1) is 17.5. The van der Waals surface area contributed by atoms with Crippen molar-refractivity contribution in [1.82, 2.24) is 14.3 Å². The van der Waals surface area contributed by atoms with E-state index in [9.17, 15) is 13.2 Å². The van der Waals surface area contributed by atoms with Gasteiger partial charge in [-0.2, -0.15) is 0 Å². The minimum absolute atomic E-state index is 0.0234. The van der Waals surface area contributed by atoms with Crippen molar-refractivity contribution in [1.29, 1.82) is 0 Å². The van der Waals surface area contributed by atoms with Crippen molar-refractivity contribution in [2.45, 2.75) is 43.4 Å². The molecule has 0 saturated carbocycles. The lowest BCUT2D eigenvalue weighted by atomic mass is 9.87. The molecule has 8 heteroatoms. The zero-order valence-corrected chi connectivity index (χ0v) is 20.5. The first-order valence-corrected chi connectivity index (χ1v) is 13.4. The molecule has 0 amide bonds. The Hall–Kier alpha value is -3.75. The number of carbonyl (C=O) groups excluding carboxylic acids is 1. The van der Waals surface area contributed by atoms with Crippen molar-refractivity contribution in [3.8, 4) is 5.75 Å². The molecule has 4 aromatic rings. The van der Waals surface area contributed by atoms with E-state index in [0.29, 0.717) is 36.3 Å². The van der Waals surface area contributed by atoms with Gasteiger partial charge in [0.1, 0.15) is 11.9 Å². The monoisotopic (exact) mass is 501 g/mol. The van der Waals surface area contributed by atoms with Gasteiger partial charge < -0.3 is 9.30 Å². The van der Waals surface area contributed by atoms with Gasteiger partial charge in [0.15, 0.2) is 5.78 Å². The van der Waals surface area contributed by atoms with E-state index in [2.05, 4.69) is 9.71 Å². The average Bonchev–Trinajstić information content (AvgIpc) is 3.42. The number of nitrogens with zero attached hydrogens (tertiary/aromatic N) is 2. The van der Waals surface area contributed by atoms with Gasteiger partial charge in [0.25, 0.3) is 0 Å². The summed E-state index contributed by atoms with van der Waals surface area (Å²) in [7, 11) is -3.74. The Kier molecular flexibility index (Phi) is 6.97. The second-order valence-corrected chi connectivity index (χ2v) is 10.5. The number of carbonyl (C=O) groups is 1. The van der Waals surface area contributed by atoms with E-state index in [1.807, 2.05) is 41.1 Å². The van der Waals surface area contributed by atoms with E-state index in [1.54, 1.807) is 55.0 Å². The summed E-state index contributed by atoms with van der Waals surface area (Å²) in [5, 5.41) is 0. The molecule has 1 aliphatic rings. The summed E-state index contributed by atoms with van der Waals surface area (Å²) >= 11 is 0. The predicted octanol–water partition coefficient (Wildman–Crippen LogP) is 4.70. The van der Waals surface area contributed by atoms with E-state index in [4.69, 9.17) is 4.74 Å². The number of rotatable bonds is 9. The predicted molar refractivity (Wildman–Crippen MR) is 136 cm³/mol. The molecule has 0 aliphatic heterocycles. The van der Waals surface area contributed by atoms with Crippen LogP contribution in [0, 0.1) is 0 Å². The molecule has 0 spiro atoms. The molecule has 0 saturated heterocycles. The Morgan fingerprint density at radius 2 is 1.72 bits per heavy atom. The fourth-order valence-corrected chi connectivity index (χ4v) is 5.57. The first-order valence-electron chi connectivity index (χ1n) is 11.9. The Balaban J connectivity index is 1.51. The molecular weight excluding hydrogens is 474 g/mol. The summed E-state index contributed by atoms with van der Waals surface area (Å²) in [5.41, 5.74) is 3.18. The molecule has 0 fully saturated rings. The summed E-state index contributed by atoms with van der Waals surface area (Å²) in [5.74, 6) is 0.640. The number of ether oxygens (including phenoxy) is 1. The average molecular weight is 502 g/mol. The molecule has 3 aromatic carbocycles. The summed E-state index contributed by atoms with van der Waals surface area (Å²) < 4.78 is 37.2. The van der Waals surface area contributed by atoms with Crippen LogP contribution in [-0.4, -0.2) is 23.8 Å². The third-order valence-corrected chi connectivity index (χ3v) is 7.81. The SMILES string of the molecule is O=C1CCCc2c1ccc(OC(Cn1ccnc1)c1ccccc1)c2CNS(=O)(=O)c1ccccc1. The number of imidazole rings is 1. The van der Waals surface area contributed by atoms with Crippen LogP contribution in [0.15, 0.2) is 96.4 Å². The highest BCUT2D eigenvalue weighted by molar-refractivity contribution is 7.89. The molecule has 0 radical (unpaired) electrons. The van der Waals surface area contributed by atoms with Crippen LogP contribution < -0.4 is 9.46 Å². The number of aromatic nitrogens is 2. The van der Waals surface area contributed by atoms with E-state index in [-0.39, 0.29) is 23.3 Å². The number of benzene rings is 3. The number of hydrogen-bond donors (Lipinski definition) is 1. The largest absolute Gasteiger partial charge is 0.484 e. The first kappa shape index (κ1) is 24.0. The van der Waals surface area contributed by atoms with Crippen molar-refractivity contribution in [3.63, 3.8) is 0 Å². The summed E-state index contributed by atoms with van der Waals surface area (Å²) in [6, 6.07) is 21.7. The number of ketones is 1. The summed E-state index contributed by atoms with van der Waals surface area (Å²) in [6.07, 6.45) is 6.90. The van der Waals surface area contributed by atoms with Gasteiger partial charge in [0, 0.05) is 36.5 Å². The van der Waals surface area contributed by atoms with Crippen LogP contribution in [0.1, 0.15) is 46.0 Å². The Bertz CT molecular complexity index is 1440. The van der Waals surface area contributed by atoms with Gasteiger partial charge in [0.2, 0.25) is 10.0 Å². The van der Waals surface area contributed by atoms with Gasteiger partial charge in [-0.3, -0.25) is 4.79 Å². The van der Waals surface area contributed by atoms with Gasteiger partial charge >= 0.3 is 0 Å². The molecule has 1 N–H and O–H groups in total. The number of Topliss-reactive ketones (excluding diaryl/α,β-unsaturated/α-hetero) is 1. The van der Waals surface area contributed by atoms with Crippen LogP contribution in [0.3, 0.4) is 0 Å². The standard InChI is InChI=1S/C28H27N3O4S/c32-26-13-7-12-23-24(26)14-15-27(25(23)18-30-36(33,34)22-10-5-2-6-11-22)35-28(19-31-17-16-29-20-31)21-8-3-1-4-9-21/h1-6,8-11,14-17,20,28,30H,7,12-13,18-19H2. The van der Waals surface area contributed by atoms with Crippen LogP contribution in [-0.2, 0) is 29.5 Å². The van der Waals surface area contributed by atoms with Crippen LogP contribution in [0.4, 0.5) is 0 Å². The van der Waals surface area contributed by atoms with E-state index < -0.39 is 10.0 Å². The quantitative estimate of drug-likeness (QED) is 0.359. The second kappa shape index (κ2) is 10.5. The van der Waals surface area contributed by atoms with E-state index >= 15 is 0 Å². The highest BCUT2D eigenvalue weighted by Crippen LogP contribution is 2.34. The maximum atomic E-state index is 13.0. The maximum Gasteiger partial charge on any atom is 0.240 e. The van der Waals surface area contributed by atoms with Crippen molar-refractivity contribution >= 4 is 15.8 Å². The van der Waals surface area contributed by atoms with Crippen LogP contribution in [0.2, 0.25) is 0 Å². The van der Waals surface area contributed by atoms with E-state index in [1.165, 1.54) is 0 Å². The molecule has 1 aromatic heterocycles. The molecular formula is C28H27N3O4S. The van der Waals surface area contributed by atoms with Crippen molar-refractivity contribution < 1.29 is 17.9 Å². The fourth-order valence-electron chi connectivity index (χ4n) is 4.55. The zero-order valence-electron chi connectivity index (χ0n) is 19.7. The molecule has 1 atom stereocenters. The minimum atomic E-state index is -3.74. The number of fused-ring (bicyclic) bond motifs is 1. The zero-order chi connectivity index (χ0) is 25.0. The third-order valence-electron chi connectivity index (χ3n) is 6.39. The number of hydrogen-bond acceptors (Lipinski definition) is 5. The normalized spacial score (nSPS) is 14.3. The van der Waals surface area contributed by atoms with Crippen LogP contribution in [0.5, 0.6) is 5.75 Å². The lowest BCUT2D eigenvalue weighted by Gasteiger charge is -2.26. The third kappa shape index (κ3) is 5.24. The van der Waals surface area contributed by atoms with Gasteiger partial charge in [-0.25, -0.2) is 18.1 Å². The Labute approximate surface area is 210 Å². The Morgan fingerprint density at radius 1 is 0.972 bits per heavy atom. The highest BCUT2D eigenvalue weighted by atomic mass is 32.2. The maximum absolute atomic E-state index is 13.0. The summed E-state index contributed by atoms with van der Waals surface area (Å²) in [6.45, 7) is 0.546. The van der Waals surface area contributed by atoms with Gasteiger partial charge in [-0.05, 0) is 48.2 Å². The van der Waals surface area contributed by atoms with Crippen molar-refractivity contribution in [2.75, 3.05) is 0 Å². The molecule has 1 unspecified atom stereocenters. The fraction of sp³-hybridized carbons (Fsp3) is 0.214. The molecule has 5 rings (SSSR count). The second-order valence-electron chi connectivity index (χ2n) is 8.76. The van der Waals surface area contributed by atoms with Gasteiger partial charge in [0.05, 0.1) is 17.8 Å². The molecule has 1 aliphatic carbocycles. The number of sulfonamides is 1. The molecule has 0 bridgehead atoms. The molecule has 184 valence electrons.